The number of alkyl halides is 3. The van der Waals surface area contributed by atoms with Crippen LogP contribution in [0.5, 0.6) is 0 Å². The number of amides is 1. The van der Waals surface area contributed by atoms with Gasteiger partial charge in [-0.2, -0.15) is 18.3 Å². The first-order valence-electron chi connectivity index (χ1n) is 6.51. The van der Waals surface area contributed by atoms with Gasteiger partial charge in [0.25, 0.3) is 5.91 Å². The van der Waals surface area contributed by atoms with Gasteiger partial charge in [-0.05, 0) is 35.7 Å². The lowest BCUT2D eigenvalue weighted by Crippen LogP contribution is -2.14. The van der Waals surface area contributed by atoms with Crippen molar-refractivity contribution in [2.45, 2.75) is 6.18 Å². The maximum Gasteiger partial charge on any atom is 0.416 e. The number of carbonyl (C=O) groups is 1. The summed E-state index contributed by atoms with van der Waals surface area (Å²) in [6.45, 7) is 0. The summed E-state index contributed by atoms with van der Waals surface area (Å²) in [5.41, 5.74) is -0.440. The Morgan fingerprint density at radius 2 is 2.04 bits per heavy atom. The topological polar surface area (TPSA) is 46.9 Å². The summed E-state index contributed by atoms with van der Waals surface area (Å²) in [5, 5.41) is 8.24. The Morgan fingerprint density at radius 3 is 2.65 bits per heavy atom. The molecule has 0 spiro atoms. The second kappa shape index (κ2) is 5.88. The summed E-state index contributed by atoms with van der Waals surface area (Å²) in [7, 11) is 0. The average Bonchev–Trinajstić information content (AvgIpc) is 3.20. The van der Waals surface area contributed by atoms with Crippen LogP contribution in [0.3, 0.4) is 0 Å². The van der Waals surface area contributed by atoms with E-state index in [0.717, 1.165) is 12.1 Å². The van der Waals surface area contributed by atoms with E-state index in [4.69, 9.17) is 0 Å². The Kier molecular flexibility index (Phi) is 3.91. The number of thiophene rings is 1. The minimum atomic E-state index is -4.49. The van der Waals surface area contributed by atoms with E-state index < -0.39 is 17.6 Å². The number of hydrogen-bond acceptors (Lipinski definition) is 3. The van der Waals surface area contributed by atoms with E-state index >= 15 is 0 Å². The van der Waals surface area contributed by atoms with Gasteiger partial charge in [0.1, 0.15) is 0 Å². The summed E-state index contributed by atoms with van der Waals surface area (Å²) in [6, 6.07) is 8.07. The first-order valence-corrected chi connectivity index (χ1v) is 7.39. The van der Waals surface area contributed by atoms with Crippen LogP contribution in [0.25, 0.3) is 5.69 Å². The first-order chi connectivity index (χ1) is 10.9. The minimum Gasteiger partial charge on any atom is -0.319 e. The number of nitrogens with one attached hydrogen (secondary N) is 1. The molecule has 0 atom stereocenters. The fourth-order valence-electron chi connectivity index (χ4n) is 2.02. The highest BCUT2D eigenvalue weighted by Gasteiger charge is 2.31. The maximum absolute atomic E-state index is 12.9. The van der Waals surface area contributed by atoms with Gasteiger partial charge in [-0.3, -0.25) is 4.79 Å². The Morgan fingerprint density at radius 1 is 1.22 bits per heavy atom. The number of benzene rings is 1. The molecule has 0 fully saturated rings. The maximum atomic E-state index is 12.9. The lowest BCUT2D eigenvalue weighted by Gasteiger charge is -2.14. The normalized spacial score (nSPS) is 11.4. The second-order valence-corrected chi connectivity index (χ2v) is 5.56. The van der Waals surface area contributed by atoms with Gasteiger partial charge in [0, 0.05) is 12.4 Å². The van der Waals surface area contributed by atoms with Crippen LogP contribution in [-0.4, -0.2) is 15.7 Å². The first kappa shape index (κ1) is 15.3. The van der Waals surface area contributed by atoms with Crippen LogP contribution in [0.1, 0.15) is 15.2 Å². The van der Waals surface area contributed by atoms with Crippen molar-refractivity contribution in [3.63, 3.8) is 0 Å². The average molecular weight is 337 g/mol. The fourth-order valence-corrected chi connectivity index (χ4v) is 2.63. The molecule has 2 aromatic heterocycles. The minimum absolute atomic E-state index is 0.0434. The number of rotatable bonds is 3. The molecule has 0 aliphatic carbocycles. The van der Waals surface area contributed by atoms with E-state index in [9.17, 15) is 18.0 Å². The Balaban J connectivity index is 2.02. The SMILES string of the molecule is O=C(Nc1cc(C(F)(F)F)ccc1-n1cccn1)c1cccs1. The lowest BCUT2D eigenvalue weighted by molar-refractivity contribution is -0.137. The molecular formula is C15H10F3N3OS. The third kappa shape index (κ3) is 3.26. The van der Waals surface area contributed by atoms with E-state index in [2.05, 4.69) is 10.4 Å². The molecule has 2 heterocycles. The number of aromatic nitrogens is 2. The summed E-state index contributed by atoms with van der Waals surface area (Å²) in [6.07, 6.45) is -1.41. The molecule has 1 N–H and O–H groups in total. The molecule has 8 heteroatoms. The molecule has 0 saturated heterocycles. The van der Waals surface area contributed by atoms with Crippen LogP contribution < -0.4 is 5.32 Å². The fraction of sp³-hybridized carbons (Fsp3) is 0.0667. The highest BCUT2D eigenvalue weighted by Crippen LogP contribution is 2.33. The zero-order chi connectivity index (χ0) is 16.4. The van der Waals surface area contributed by atoms with Crippen LogP contribution in [0.2, 0.25) is 0 Å². The molecule has 0 radical (unpaired) electrons. The van der Waals surface area contributed by atoms with Gasteiger partial charge in [0.2, 0.25) is 0 Å². The van der Waals surface area contributed by atoms with Gasteiger partial charge in [-0.15, -0.1) is 11.3 Å². The van der Waals surface area contributed by atoms with E-state index in [1.165, 1.54) is 28.3 Å². The molecule has 3 aromatic rings. The van der Waals surface area contributed by atoms with Gasteiger partial charge in [-0.1, -0.05) is 6.07 Å². The van der Waals surface area contributed by atoms with Crippen LogP contribution in [0.15, 0.2) is 54.2 Å². The Hall–Kier alpha value is -2.61. The predicted molar refractivity (Wildman–Crippen MR) is 80.8 cm³/mol. The lowest BCUT2D eigenvalue weighted by atomic mass is 10.1. The van der Waals surface area contributed by atoms with Crippen molar-refractivity contribution in [3.05, 3.63) is 64.6 Å². The second-order valence-electron chi connectivity index (χ2n) is 4.61. The third-order valence-electron chi connectivity index (χ3n) is 3.07. The number of anilines is 1. The van der Waals surface area contributed by atoms with Gasteiger partial charge in [0.05, 0.1) is 21.8 Å². The quantitative estimate of drug-likeness (QED) is 0.778. The number of nitrogens with zero attached hydrogens (tertiary/aromatic N) is 2. The largest absolute Gasteiger partial charge is 0.416 e. The molecule has 0 unspecified atom stereocenters. The standard InChI is InChI=1S/C15H10F3N3OS/c16-15(17,18)10-4-5-12(21-7-2-6-19-21)11(9-10)20-14(22)13-3-1-8-23-13/h1-9H,(H,20,22). The van der Waals surface area contributed by atoms with Gasteiger partial charge >= 0.3 is 6.18 Å². The third-order valence-corrected chi connectivity index (χ3v) is 3.94. The molecule has 1 amide bonds. The van der Waals surface area contributed by atoms with Gasteiger partial charge in [-0.25, -0.2) is 4.68 Å². The highest BCUT2D eigenvalue weighted by atomic mass is 32.1. The molecule has 1 aromatic carbocycles. The molecule has 3 rings (SSSR count). The molecule has 118 valence electrons. The van der Waals surface area contributed by atoms with Crippen LogP contribution in [0, 0.1) is 0 Å². The van der Waals surface area contributed by atoms with Crippen molar-refractivity contribution in [2.24, 2.45) is 0 Å². The van der Waals surface area contributed by atoms with Gasteiger partial charge in [0.15, 0.2) is 0 Å². The van der Waals surface area contributed by atoms with Crippen molar-refractivity contribution in [2.75, 3.05) is 5.32 Å². The number of carbonyl (C=O) groups excluding carboxylic acids is 1. The van der Waals surface area contributed by atoms with Crippen LogP contribution in [0.4, 0.5) is 18.9 Å². The molecule has 0 aliphatic rings. The Labute approximate surface area is 133 Å². The highest BCUT2D eigenvalue weighted by molar-refractivity contribution is 7.12. The van der Waals surface area contributed by atoms with E-state index in [0.29, 0.717) is 10.6 Å². The molecule has 0 saturated carbocycles. The summed E-state index contributed by atoms with van der Waals surface area (Å²) < 4.78 is 40.2. The molecule has 23 heavy (non-hydrogen) atoms. The number of hydrogen-bond donors (Lipinski definition) is 1. The van der Waals surface area contributed by atoms with E-state index in [1.54, 1.807) is 29.8 Å². The van der Waals surface area contributed by atoms with E-state index in [-0.39, 0.29) is 5.69 Å². The summed E-state index contributed by atoms with van der Waals surface area (Å²) in [4.78, 5) is 12.6. The smallest absolute Gasteiger partial charge is 0.319 e. The van der Waals surface area contributed by atoms with E-state index in [1.807, 2.05) is 0 Å². The summed E-state index contributed by atoms with van der Waals surface area (Å²) >= 11 is 1.21. The summed E-state index contributed by atoms with van der Waals surface area (Å²) in [5.74, 6) is -0.465. The van der Waals surface area contributed by atoms with Crippen molar-refractivity contribution >= 4 is 22.9 Å². The molecule has 0 aliphatic heterocycles. The van der Waals surface area contributed by atoms with Gasteiger partial charge < -0.3 is 5.32 Å². The molecular weight excluding hydrogens is 327 g/mol. The Bertz CT molecular complexity index is 811. The number of halogens is 3. The van der Waals surface area contributed by atoms with Crippen molar-refractivity contribution in [1.29, 1.82) is 0 Å². The predicted octanol–water partition coefficient (Wildman–Crippen LogP) is 4.20. The van der Waals surface area contributed by atoms with Crippen LogP contribution in [-0.2, 0) is 6.18 Å². The van der Waals surface area contributed by atoms with Crippen molar-refractivity contribution in [1.82, 2.24) is 9.78 Å². The molecule has 0 bridgehead atoms. The molecule has 4 nitrogen and oxygen atoms in total. The zero-order valence-electron chi connectivity index (χ0n) is 11.5. The van der Waals surface area contributed by atoms with Crippen molar-refractivity contribution < 1.29 is 18.0 Å². The monoisotopic (exact) mass is 337 g/mol. The van der Waals surface area contributed by atoms with Crippen molar-refractivity contribution in [3.8, 4) is 5.69 Å². The van der Waals surface area contributed by atoms with Crippen LogP contribution >= 0.6 is 11.3 Å². The zero-order valence-corrected chi connectivity index (χ0v) is 12.4.